The summed E-state index contributed by atoms with van der Waals surface area (Å²) in [6.07, 6.45) is 6.58. The van der Waals surface area contributed by atoms with Crippen LogP contribution in [0.3, 0.4) is 0 Å². The molecule has 2 fully saturated rings. The van der Waals surface area contributed by atoms with Crippen molar-refractivity contribution >= 4 is 15.9 Å². The first kappa shape index (κ1) is 10.9. The van der Waals surface area contributed by atoms with Crippen LogP contribution in [0.4, 0.5) is 0 Å². The van der Waals surface area contributed by atoms with Crippen molar-refractivity contribution in [3.63, 3.8) is 0 Å². The maximum Gasteiger partial charge on any atom is 0.0685 e. The van der Waals surface area contributed by atoms with Crippen LogP contribution in [-0.2, 0) is 4.74 Å². The summed E-state index contributed by atoms with van der Waals surface area (Å²) in [6, 6.07) is 0. The second-order valence-electron chi connectivity index (χ2n) is 5.17. The lowest BCUT2D eigenvalue weighted by molar-refractivity contribution is -0.149. The van der Waals surface area contributed by atoms with Gasteiger partial charge in [0.05, 0.1) is 5.60 Å². The van der Waals surface area contributed by atoms with Gasteiger partial charge < -0.3 is 4.74 Å². The third-order valence-electron chi connectivity index (χ3n) is 4.26. The van der Waals surface area contributed by atoms with Crippen LogP contribution in [0.5, 0.6) is 0 Å². The molecule has 1 aliphatic heterocycles. The summed E-state index contributed by atoms with van der Waals surface area (Å²) >= 11 is 3.71. The highest BCUT2D eigenvalue weighted by Gasteiger charge is 2.43. The zero-order valence-electron chi connectivity index (χ0n) is 9.26. The van der Waals surface area contributed by atoms with Gasteiger partial charge in [-0.3, -0.25) is 0 Å². The number of ether oxygens (including phenoxy) is 1. The van der Waals surface area contributed by atoms with Crippen molar-refractivity contribution in [2.75, 3.05) is 6.61 Å². The van der Waals surface area contributed by atoms with E-state index in [4.69, 9.17) is 4.74 Å². The Kier molecular flexibility index (Phi) is 3.23. The summed E-state index contributed by atoms with van der Waals surface area (Å²) in [7, 11) is 0. The van der Waals surface area contributed by atoms with E-state index in [9.17, 15) is 0 Å². The van der Waals surface area contributed by atoms with Gasteiger partial charge in [-0.15, -0.1) is 0 Å². The van der Waals surface area contributed by atoms with E-state index >= 15 is 0 Å². The van der Waals surface area contributed by atoms with Crippen LogP contribution in [0.25, 0.3) is 0 Å². The molecule has 0 amide bonds. The molecule has 1 spiro atoms. The molecule has 0 aromatic rings. The SMILES string of the molecule is CC(Br)C(C)C1CCOC2(CCC2)C1. The molecule has 2 rings (SSSR count). The average molecular weight is 261 g/mol. The van der Waals surface area contributed by atoms with Gasteiger partial charge in [0.1, 0.15) is 0 Å². The molecule has 1 heterocycles. The van der Waals surface area contributed by atoms with Crippen LogP contribution < -0.4 is 0 Å². The summed E-state index contributed by atoms with van der Waals surface area (Å²) < 4.78 is 5.95. The quantitative estimate of drug-likeness (QED) is 0.688. The van der Waals surface area contributed by atoms with Crippen molar-refractivity contribution in [1.82, 2.24) is 0 Å². The van der Waals surface area contributed by atoms with Gasteiger partial charge in [0.15, 0.2) is 0 Å². The maximum absolute atomic E-state index is 5.95. The Morgan fingerprint density at radius 3 is 2.57 bits per heavy atom. The molecular formula is C12H21BrO. The molecule has 0 bridgehead atoms. The number of rotatable bonds is 2. The van der Waals surface area contributed by atoms with Gasteiger partial charge in [0.2, 0.25) is 0 Å². The molecule has 1 saturated heterocycles. The Hall–Kier alpha value is 0.440. The molecule has 1 saturated carbocycles. The Morgan fingerprint density at radius 1 is 1.36 bits per heavy atom. The molecule has 2 heteroatoms. The summed E-state index contributed by atoms with van der Waals surface area (Å²) in [6.45, 7) is 5.64. The fourth-order valence-electron chi connectivity index (χ4n) is 2.81. The van der Waals surface area contributed by atoms with E-state index in [2.05, 4.69) is 29.8 Å². The number of hydrogen-bond donors (Lipinski definition) is 0. The standard InChI is InChI=1S/C12H21BrO/c1-9(10(2)13)11-4-7-14-12(8-11)5-3-6-12/h9-11H,3-8H2,1-2H3. The van der Waals surface area contributed by atoms with Crippen molar-refractivity contribution in [2.45, 2.75) is 56.4 Å². The second kappa shape index (κ2) is 4.13. The summed E-state index contributed by atoms with van der Waals surface area (Å²) in [5.41, 5.74) is 0.319. The molecule has 0 radical (unpaired) electrons. The molecule has 82 valence electrons. The molecule has 2 aliphatic rings. The highest BCUT2D eigenvalue weighted by molar-refractivity contribution is 9.09. The first-order chi connectivity index (χ1) is 6.63. The molecule has 0 aromatic carbocycles. The Balaban J connectivity index is 1.93. The highest BCUT2D eigenvalue weighted by atomic mass is 79.9. The first-order valence-corrected chi connectivity index (χ1v) is 6.83. The zero-order chi connectivity index (χ0) is 10.2. The normalized spacial score (nSPS) is 34.9. The molecule has 0 aromatic heterocycles. The molecule has 1 aliphatic carbocycles. The van der Waals surface area contributed by atoms with E-state index < -0.39 is 0 Å². The predicted molar refractivity (Wildman–Crippen MR) is 62.8 cm³/mol. The third kappa shape index (κ3) is 2.01. The lowest BCUT2D eigenvalue weighted by Gasteiger charge is -2.48. The predicted octanol–water partition coefficient (Wildman–Crippen LogP) is 3.76. The minimum Gasteiger partial charge on any atom is -0.375 e. The topological polar surface area (TPSA) is 9.23 Å². The van der Waals surface area contributed by atoms with E-state index in [1.807, 2.05) is 0 Å². The van der Waals surface area contributed by atoms with Crippen LogP contribution in [0.1, 0.15) is 46.0 Å². The fourth-order valence-corrected chi connectivity index (χ4v) is 3.24. The molecule has 0 N–H and O–H groups in total. The minimum absolute atomic E-state index is 0.319. The van der Waals surface area contributed by atoms with E-state index in [-0.39, 0.29) is 0 Å². The van der Waals surface area contributed by atoms with Crippen molar-refractivity contribution in [2.24, 2.45) is 11.8 Å². The smallest absolute Gasteiger partial charge is 0.0685 e. The van der Waals surface area contributed by atoms with Gasteiger partial charge in [-0.05, 0) is 43.9 Å². The zero-order valence-corrected chi connectivity index (χ0v) is 10.8. The van der Waals surface area contributed by atoms with Crippen LogP contribution in [0.2, 0.25) is 0 Å². The van der Waals surface area contributed by atoms with Gasteiger partial charge >= 0.3 is 0 Å². The Bertz CT molecular complexity index is 198. The van der Waals surface area contributed by atoms with Gasteiger partial charge in [-0.2, -0.15) is 0 Å². The van der Waals surface area contributed by atoms with E-state index in [0.717, 1.165) is 18.4 Å². The van der Waals surface area contributed by atoms with Crippen molar-refractivity contribution in [3.05, 3.63) is 0 Å². The van der Waals surface area contributed by atoms with E-state index in [1.54, 1.807) is 0 Å². The van der Waals surface area contributed by atoms with Gasteiger partial charge in [-0.1, -0.05) is 29.8 Å². The van der Waals surface area contributed by atoms with Crippen molar-refractivity contribution < 1.29 is 4.74 Å². The van der Waals surface area contributed by atoms with Crippen LogP contribution >= 0.6 is 15.9 Å². The molecular weight excluding hydrogens is 240 g/mol. The number of hydrogen-bond acceptors (Lipinski definition) is 1. The van der Waals surface area contributed by atoms with Gasteiger partial charge in [-0.25, -0.2) is 0 Å². The second-order valence-corrected chi connectivity index (χ2v) is 6.62. The summed E-state index contributed by atoms with van der Waals surface area (Å²) in [5, 5.41) is 0. The monoisotopic (exact) mass is 260 g/mol. The summed E-state index contributed by atoms with van der Waals surface area (Å²) in [4.78, 5) is 0.641. The van der Waals surface area contributed by atoms with Crippen molar-refractivity contribution in [3.8, 4) is 0 Å². The van der Waals surface area contributed by atoms with Crippen LogP contribution in [0, 0.1) is 11.8 Å². The first-order valence-electron chi connectivity index (χ1n) is 5.91. The van der Waals surface area contributed by atoms with E-state index in [1.165, 1.54) is 32.1 Å². The van der Waals surface area contributed by atoms with Gasteiger partial charge in [0, 0.05) is 11.4 Å². The lowest BCUT2D eigenvalue weighted by atomic mass is 9.69. The van der Waals surface area contributed by atoms with Gasteiger partial charge in [0.25, 0.3) is 0 Å². The third-order valence-corrected chi connectivity index (χ3v) is 5.10. The van der Waals surface area contributed by atoms with Crippen LogP contribution in [-0.4, -0.2) is 17.0 Å². The fraction of sp³-hybridized carbons (Fsp3) is 1.00. The number of halogens is 1. The maximum atomic E-state index is 5.95. The Labute approximate surface area is 95.7 Å². The molecule has 3 atom stereocenters. The minimum atomic E-state index is 0.319. The molecule has 14 heavy (non-hydrogen) atoms. The van der Waals surface area contributed by atoms with E-state index in [0.29, 0.717) is 10.4 Å². The molecule has 3 unspecified atom stereocenters. The lowest BCUT2D eigenvalue weighted by Crippen LogP contribution is -2.47. The largest absolute Gasteiger partial charge is 0.375 e. The Morgan fingerprint density at radius 2 is 2.07 bits per heavy atom. The van der Waals surface area contributed by atoms with Crippen LogP contribution in [0.15, 0.2) is 0 Å². The highest BCUT2D eigenvalue weighted by Crippen LogP contribution is 2.46. The average Bonchev–Trinajstić information content (AvgIpc) is 2.14. The number of alkyl halides is 1. The summed E-state index contributed by atoms with van der Waals surface area (Å²) in [5.74, 6) is 1.66. The molecule has 1 nitrogen and oxygen atoms in total. The van der Waals surface area contributed by atoms with Crippen molar-refractivity contribution in [1.29, 1.82) is 0 Å².